The first-order valence-corrected chi connectivity index (χ1v) is 8.12. The maximum atomic E-state index is 12.5. The molecule has 0 radical (unpaired) electrons. The van der Waals surface area contributed by atoms with Gasteiger partial charge in [-0.05, 0) is 30.9 Å². The molecule has 1 atom stereocenters. The molecule has 0 spiro atoms. The molecule has 0 unspecified atom stereocenters. The molecule has 2 heterocycles. The molecule has 1 aliphatic heterocycles. The molecule has 1 aromatic heterocycles. The summed E-state index contributed by atoms with van der Waals surface area (Å²) in [6, 6.07) is 7.72. The zero-order valence-corrected chi connectivity index (χ0v) is 13.2. The van der Waals surface area contributed by atoms with Crippen LogP contribution in [0, 0.1) is 6.92 Å². The van der Waals surface area contributed by atoms with Crippen LogP contribution in [0.3, 0.4) is 0 Å². The summed E-state index contributed by atoms with van der Waals surface area (Å²) in [5.41, 5.74) is 2.15. The van der Waals surface area contributed by atoms with Crippen LogP contribution >= 0.6 is 0 Å². The Hall–Kier alpha value is -2.21. The second kappa shape index (κ2) is 5.77. The summed E-state index contributed by atoms with van der Waals surface area (Å²) in [4.78, 5) is 19.1. The first-order valence-electron chi connectivity index (χ1n) is 8.12. The van der Waals surface area contributed by atoms with E-state index in [1.165, 1.54) is 0 Å². The van der Waals surface area contributed by atoms with E-state index in [1.54, 1.807) is 0 Å². The Balaban J connectivity index is 1.59. The summed E-state index contributed by atoms with van der Waals surface area (Å²) in [6.07, 6.45) is 2.28. The number of nitrogens with one attached hydrogen (secondary N) is 1. The Morgan fingerprint density at radius 2 is 2.17 bits per heavy atom. The van der Waals surface area contributed by atoms with Crippen LogP contribution in [0.4, 0.5) is 0 Å². The number of hydrogen-bond donors (Lipinski definition) is 1. The smallest absolute Gasteiger partial charge is 0.242 e. The van der Waals surface area contributed by atoms with Gasteiger partial charge in [0.1, 0.15) is 6.04 Å². The topological polar surface area (TPSA) is 71.3 Å². The number of benzene rings is 1. The quantitative estimate of drug-likeness (QED) is 0.934. The highest BCUT2D eigenvalue weighted by Crippen LogP contribution is 2.39. The number of nitrogens with zero attached hydrogens (tertiary/aromatic N) is 3. The van der Waals surface area contributed by atoms with Crippen molar-refractivity contribution in [3.05, 3.63) is 47.1 Å². The fraction of sp³-hybridized carbons (Fsp3) is 0.471. The monoisotopic (exact) mass is 312 g/mol. The number of carbonyl (C=O) groups excluding carboxylic acids is 1. The maximum absolute atomic E-state index is 12.5. The van der Waals surface area contributed by atoms with Crippen LogP contribution in [0.1, 0.15) is 47.6 Å². The average molecular weight is 312 g/mol. The third kappa shape index (κ3) is 2.86. The van der Waals surface area contributed by atoms with Crippen LogP contribution in [0.15, 0.2) is 28.8 Å². The Bertz CT molecular complexity index is 723. The van der Waals surface area contributed by atoms with Crippen molar-refractivity contribution in [2.24, 2.45) is 0 Å². The molecule has 1 aromatic carbocycles. The minimum atomic E-state index is -0.298. The third-order valence-corrected chi connectivity index (χ3v) is 4.55. The molecule has 23 heavy (non-hydrogen) atoms. The lowest BCUT2D eigenvalue weighted by atomic mass is 9.98. The Kier molecular flexibility index (Phi) is 3.61. The van der Waals surface area contributed by atoms with Crippen molar-refractivity contribution in [1.82, 2.24) is 20.4 Å². The van der Waals surface area contributed by atoms with Gasteiger partial charge in [0.15, 0.2) is 5.82 Å². The Morgan fingerprint density at radius 3 is 2.96 bits per heavy atom. The zero-order chi connectivity index (χ0) is 15.8. The van der Waals surface area contributed by atoms with Crippen molar-refractivity contribution in [3.63, 3.8) is 0 Å². The van der Waals surface area contributed by atoms with Gasteiger partial charge in [0.05, 0.1) is 6.54 Å². The molecule has 2 aromatic rings. The molecule has 0 bridgehead atoms. The highest BCUT2D eigenvalue weighted by Gasteiger charge is 2.34. The standard InChI is InChI=1S/C17H20N4O2/c1-11-4-2-3-5-13(11)15-16(22)18-8-9-21(15)10-14-19-17(23-20-14)12-6-7-12/h2-5,12,15H,6-10H2,1H3,(H,18,22)/t15-/m1/s1. The molecule has 2 aliphatic rings. The van der Waals surface area contributed by atoms with Crippen molar-refractivity contribution >= 4 is 5.91 Å². The minimum absolute atomic E-state index is 0.0384. The van der Waals surface area contributed by atoms with Gasteiger partial charge in [0.2, 0.25) is 11.8 Å². The molecule has 4 rings (SSSR count). The van der Waals surface area contributed by atoms with E-state index < -0.39 is 0 Å². The fourth-order valence-corrected chi connectivity index (χ4v) is 3.13. The van der Waals surface area contributed by atoms with Crippen LogP contribution in [0.25, 0.3) is 0 Å². The number of aryl methyl sites for hydroxylation is 1. The lowest BCUT2D eigenvalue weighted by Gasteiger charge is -2.35. The van der Waals surface area contributed by atoms with E-state index in [1.807, 2.05) is 31.2 Å². The van der Waals surface area contributed by atoms with E-state index in [9.17, 15) is 4.79 Å². The van der Waals surface area contributed by atoms with E-state index in [0.717, 1.165) is 36.4 Å². The van der Waals surface area contributed by atoms with E-state index in [0.29, 0.717) is 24.8 Å². The summed E-state index contributed by atoms with van der Waals surface area (Å²) in [5, 5.41) is 7.05. The largest absolute Gasteiger partial charge is 0.353 e. The first kappa shape index (κ1) is 14.4. The van der Waals surface area contributed by atoms with Crippen LogP contribution in [0.2, 0.25) is 0 Å². The van der Waals surface area contributed by atoms with Gasteiger partial charge in [0.25, 0.3) is 0 Å². The molecule has 1 N–H and O–H groups in total. The SMILES string of the molecule is Cc1ccccc1[C@@H]1C(=O)NCCN1Cc1noc(C2CC2)n1. The van der Waals surface area contributed by atoms with E-state index in [2.05, 4.69) is 20.4 Å². The number of carbonyl (C=O) groups is 1. The van der Waals surface area contributed by atoms with Gasteiger partial charge in [-0.15, -0.1) is 0 Å². The second-order valence-corrected chi connectivity index (χ2v) is 6.34. The van der Waals surface area contributed by atoms with E-state index in [-0.39, 0.29) is 11.9 Å². The second-order valence-electron chi connectivity index (χ2n) is 6.34. The Morgan fingerprint density at radius 1 is 1.35 bits per heavy atom. The number of rotatable bonds is 4. The lowest BCUT2D eigenvalue weighted by Crippen LogP contribution is -2.49. The average Bonchev–Trinajstić information content (AvgIpc) is 3.29. The van der Waals surface area contributed by atoms with Crippen molar-refractivity contribution in [2.75, 3.05) is 13.1 Å². The molecule has 1 saturated carbocycles. The number of aromatic nitrogens is 2. The van der Waals surface area contributed by atoms with Gasteiger partial charge in [-0.25, -0.2) is 0 Å². The number of amides is 1. The number of hydrogen-bond acceptors (Lipinski definition) is 5. The molecule has 120 valence electrons. The number of piperazine rings is 1. The van der Waals surface area contributed by atoms with E-state index >= 15 is 0 Å². The first-order chi connectivity index (χ1) is 11.2. The van der Waals surface area contributed by atoms with Gasteiger partial charge in [-0.3, -0.25) is 9.69 Å². The predicted octanol–water partition coefficient (Wildman–Crippen LogP) is 1.93. The molecule has 1 saturated heterocycles. The van der Waals surface area contributed by atoms with Crippen molar-refractivity contribution < 1.29 is 9.32 Å². The molecular weight excluding hydrogens is 292 g/mol. The molecule has 1 aliphatic carbocycles. The van der Waals surface area contributed by atoms with Crippen molar-refractivity contribution in [1.29, 1.82) is 0 Å². The highest BCUT2D eigenvalue weighted by atomic mass is 16.5. The maximum Gasteiger partial charge on any atom is 0.242 e. The lowest BCUT2D eigenvalue weighted by molar-refractivity contribution is -0.129. The van der Waals surface area contributed by atoms with Crippen LogP contribution in [-0.4, -0.2) is 34.0 Å². The molecular formula is C17H20N4O2. The molecule has 6 nitrogen and oxygen atoms in total. The zero-order valence-electron chi connectivity index (χ0n) is 13.2. The fourth-order valence-electron chi connectivity index (χ4n) is 3.13. The minimum Gasteiger partial charge on any atom is -0.353 e. The van der Waals surface area contributed by atoms with Gasteiger partial charge < -0.3 is 9.84 Å². The van der Waals surface area contributed by atoms with Crippen molar-refractivity contribution in [2.45, 2.75) is 38.3 Å². The van der Waals surface area contributed by atoms with Gasteiger partial charge in [-0.2, -0.15) is 4.98 Å². The summed E-state index contributed by atoms with van der Waals surface area (Å²) < 4.78 is 5.33. The molecule has 6 heteroatoms. The summed E-state index contributed by atoms with van der Waals surface area (Å²) in [7, 11) is 0. The molecule has 1 amide bonds. The normalized spacial score (nSPS) is 22.1. The summed E-state index contributed by atoms with van der Waals surface area (Å²) in [6.45, 7) is 3.99. The van der Waals surface area contributed by atoms with Crippen LogP contribution in [0.5, 0.6) is 0 Å². The molecule has 2 fully saturated rings. The van der Waals surface area contributed by atoms with Crippen LogP contribution < -0.4 is 5.32 Å². The summed E-state index contributed by atoms with van der Waals surface area (Å²) in [5.74, 6) is 1.90. The van der Waals surface area contributed by atoms with Crippen LogP contribution in [-0.2, 0) is 11.3 Å². The van der Waals surface area contributed by atoms with Gasteiger partial charge in [0, 0.05) is 19.0 Å². The highest BCUT2D eigenvalue weighted by molar-refractivity contribution is 5.84. The van der Waals surface area contributed by atoms with Gasteiger partial charge in [-0.1, -0.05) is 29.4 Å². The van der Waals surface area contributed by atoms with E-state index in [4.69, 9.17) is 4.52 Å². The van der Waals surface area contributed by atoms with Crippen molar-refractivity contribution in [3.8, 4) is 0 Å². The van der Waals surface area contributed by atoms with Gasteiger partial charge >= 0.3 is 0 Å². The summed E-state index contributed by atoms with van der Waals surface area (Å²) >= 11 is 0. The predicted molar refractivity (Wildman–Crippen MR) is 83.6 cm³/mol. The third-order valence-electron chi connectivity index (χ3n) is 4.55. The Labute approximate surface area is 134 Å².